The number of imidazole rings is 1. The second-order valence-corrected chi connectivity index (χ2v) is 7.19. The number of amides is 1. The Labute approximate surface area is 158 Å². The molecule has 0 fully saturated rings. The van der Waals surface area contributed by atoms with E-state index in [2.05, 4.69) is 4.98 Å². The van der Waals surface area contributed by atoms with Crippen LogP contribution in [0.3, 0.4) is 0 Å². The molecule has 5 rings (SSSR count). The molecule has 0 N–H and O–H groups in total. The topological polar surface area (TPSA) is 47.4 Å². The van der Waals surface area contributed by atoms with Crippen molar-refractivity contribution in [1.29, 1.82) is 0 Å². The molecule has 2 unspecified atom stereocenters. The summed E-state index contributed by atoms with van der Waals surface area (Å²) in [4.78, 5) is 19.3. The first kappa shape index (κ1) is 16.5. The summed E-state index contributed by atoms with van der Waals surface area (Å²) < 4.78 is 32.7. The highest BCUT2D eigenvalue weighted by Crippen LogP contribution is 2.50. The average molecular weight is 390 g/mol. The lowest BCUT2D eigenvalue weighted by atomic mass is 9.97. The zero-order valence-corrected chi connectivity index (χ0v) is 15.0. The van der Waals surface area contributed by atoms with Crippen molar-refractivity contribution in [3.05, 3.63) is 58.4 Å². The molecule has 2 bridgehead atoms. The number of ether oxygens (including phenoxy) is 1. The highest BCUT2D eigenvalue weighted by atomic mass is 35.5. The monoisotopic (exact) mass is 389 g/mol. The van der Waals surface area contributed by atoms with E-state index in [1.54, 1.807) is 30.1 Å². The Kier molecular flexibility index (Phi) is 3.46. The molecular weight excluding hydrogens is 376 g/mol. The van der Waals surface area contributed by atoms with E-state index in [0.29, 0.717) is 22.6 Å². The van der Waals surface area contributed by atoms with Gasteiger partial charge in [0.2, 0.25) is 0 Å². The van der Waals surface area contributed by atoms with Gasteiger partial charge < -0.3 is 14.2 Å². The number of rotatable bonds is 2. The van der Waals surface area contributed by atoms with Gasteiger partial charge in [-0.1, -0.05) is 17.7 Å². The molecule has 8 heteroatoms. The Morgan fingerprint density at radius 1 is 1.26 bits per heavy atom. The van der Waals surface area contributed by atoms with Gasteiger partial charge in [0.15, 0.2) is 0 Å². The number of fused-ring (bicyclic) bond motifs is 9. The summed E-state index contributed by atoms with van der Waals surface area (Å²) in [5, 5.41) is 0.561. The van der Waals surface area contributed by atoms with Crippen LogP contribution in [-0.4, -0.2) is 34.0 Å². The molecule has 2 aliphatic heterocycles. The van der Waals surface area contributed by atoms with Gasteiger partial charge in [0.25, 0.3) is 5.91 Å². The fourth-order valence-corrected chi connectivity index (χ4v) is 4.42. The van der Waals surface area contributed by atoms with Crippen molar-refractivity contribution < 1.29 is 18.3 Å². The number of hydrogen-bond donors (Lipinski definition) is 0. The molecule has 27 heavy (non-hydrogen) atoms. The number of nitrogens with zero attached hydrogens (tertiary/aromatic N) is 3. The molecule has 0 saturated carbocycles. The molecule has 3 aromatic rings. The Morgan fingerprint density at radius 3 is 2.85 bits per heavy atom. The van der Waals surface area contributed by atoms with Gasteiger partial charge >= 0.3 is 6.61 Å². The van der Waals surface area contributed by atoms with E-state index in [1.807, 2.05) is 16.7 Å². The summed E-state index contributed by atoms with van der Waals surface area (Å²) in [7, 11) is 1.71. The van der Waals surface area contributed by atoms with E-state index in [4.69, 9.17) is 16.3 Å². The Hall–Kier alpha value is -2.67. The fourth-order valence-electron chi connectivity index (χ4n) is 4.25. The Balaban J connectivity index is 1.82. The number of aromatic nitrogens is 2. The van der Waals surface area contributed by atoms with Gasteiger partial charge in [-0.2, -0.15) is 8.78 Å². The predicted molar refractivity (Wildman–Crippen MR) is 95.4 cm³/mol. The first-order chi connectivity index (χ1) is 13.0. The molecule has 2 aliphatic rings. The van der Waals surface area contributed by atoms with Crippen LogP contribution in [0, 0.1) is 0 Å². The van der Waals surface area contributed by atoms with E-state index in [-0.39, 0.29) is 23.7 Å². The van der Waals surface area contributed by atoms with Gasteiger partial charge in [0.1, 0.15) is 11.6 Å². The third-order valence-corrected chi connectivity index (χ3v) is 5.60. The SMILES string of the molecule is CN1C(=O)c2cccc(OC(F)F)c2C2CC1c1nc3ccc(Cl)cc3n12. The van der Waals surface area contributed by atoms with E-state index < -0.39 is 6.61 Å². The fraction of sp³-hybridized carbons (Fsp3) is 0.263. The molecule has 0 aliphatic carbocycles. The molecule has 0 radical (unpaired) electrons. The van der Waals surface area contributed by atoms with E-state index in [0.717, 1.165) is 16.9 Å². The van der Waals surface area contributed by atoms with Crippen LogP contribution < -0.4 is 4.74 Å². The zero-order chi connectivity index (χ0) is 18.9. The van der Waals surface area contributed by atoms with Crippen molar-refractivity contribution in [3.8, 4) is 5.75 Å². The van der Waals surface area contributed by atoms with Crippen molar-refractivity contribution in [3.63, 3.8) is 0 Å². The molecule has 2 atom stereocenters. The second-order valence-electron chi connectivity index (χ2n) is 6.75. The van der Waals surface area contributed by atoms with Crippen molar-refractivity contribution in [1.82, 2.24) is 14.5 Å². The molecular formula is C19H14ClF2N3O2. The zero-order valence-electron chi connectivity index (χ0n) is 14.2. The number of alkyl halides is 2. The number of carbonyl (C=O) groups is 1. The predicted octanol–water partition coefficient (Wildman–Crippen LogP) is 4.41. The standard InChI is InChI=1S/C19H14ClF2N3O2/c1-24-14-8-13(25-12-7-9(20)5-6-11(12)23-17(14)25)16-10(18(24)26)3-2-4-15(16)27-19(21)22/h2-7,13-14,19H,8H2,1H3. The molecule has 3 heterocycles. The van der Waals surface area contributed by atoms with Crippen molar-refractivity contribution in [2.75, 3.05) is 7.05 Å². The summed E-state index contributed by atoms with van der Waals surface area (Å²) in [6.07, 6.45) is 0.545. The third kappa shape index (κ3) is 2.27. The van der Waals surface area contributed by atoms with E-state index in [1.165, 1.54) is 6.07 Å². The minimum Gasteiger partial charge on any atom is -0.434 e. The van der Waals surface area contributed by atoms with Crippen LogP contribution in [0.2, 0.25) is 5.02 Å². The first-order valence-corrected chi connectivity index (χ1v) is 8.85. The number of benzene rings is 2. The average Bonchev–Trinajstić information content (AvgIpc) is 3.14. The van der Waals surface area contributed by atoms with E-state index in [9.17, 15) is 13.6 Å². The van der Waals surface area contributed by atoms with Gasteiger partial charge in [0.05, 0.1) is 23.1 Å². The van der Waals surface area contributed by atoms with Gasteiger partial charge in [0, 0.05) is 29.6 Å². The Bertz CT molecular complexity index is 1100. The van der Waals surface area contributed by atoms with Crippen LogP contribution in [0.25, 0.3) is 11.0 Å². The first-order valence-electron chi connectivity index (χ1n) is 8.48. The van der Waals surface area contributed by atoms with Crippen molar-refractivity contribution >= 4 is 28.5 Å². The maximum atomic E-state index is 13.0. The summed E-state index contributed by atoms with van der Waals surface area (Å²) in [6, 6.07) is 9.48. The number of carbonyl (C=O) groups excluding carboxylic acids is 1. The third-order valence-electron chi connectivity index (χ3n) is 5.37. The maximum absolute atomic E-state index is 13.0. The molecule has 2 aromatic carbocycles. The van der Waals surface area contributed by atoms with Crippen LogP contribution >= 0.6 is 11.6 Å². The Morgan fingerprint density at radius 2 is 2.07 bits per heavy atom. The van der Waals surface area contributed by atoms with Crippen LogP contribution in [-0.2, 0) is 0 Å². The summed E-state index contributed by atoms with van der Waals surface area (Å²) in [5.74, 6) is 0.519. The molecule has 138 valence electrons. The lowest BCUT2D eigenvalue weighted by Gasteiger charge is -2.24. The van der Waals surface area contributed by atoms with Gasteiger partial charge in [-0.3, -0.25) is 4.79 Å². The lowest BCUT2D eigenvalue weighted by Crippen LogP contribution is -2.30. The van der Waals surface area contributed by atoms with E-state index >= 15 is 0 Å². The highest BCUT2D eigenvalue weighted by molar-refractivity contribution is 6.31. The van der Waals surface area contributed by atoms with Crippen LogP contribution in [0.5, 0.6) is 5.75 Å². The normalized spacial score (nSPS) is 20.8. The lowest BCUT2D eigenvalue weighted by molar-refractivity contribution is -0.0507. The molecule has 1 amide bonds. The van der Waals surface area contributed by atoms with Gasteiger partial charge in [-0.15, -0.1) is 0 Å². The molecule has 5 nitrogen and oxygen atoms in total. The molecule has 0 spiro atoms. The summed E-state index contributed by atoms with van der Waals surface area (Å²) >= 11 is 6.18. The number of halogens is 3. The largest absolute Gasteiger partial charge is 0.434 e. The summed E-state index contributed by atoms with van der Waals surface area (Å²) in [6.45, 7) is -2.97. The minimum absolute atomic E-state index is 0.0200. The van der Waals surface area contributed by atoms with Gasteiger partial charge in [-0.05, 0) is 30.3 Å². The smallest absolute Gasteiger partial charge is 0.387 e. The van der Waals surface area contributed by atoms with Crippen molar-refractivity contribution in [2.24, 2.45) is 0 Å². The highest BCUT2D eigenvalue weighted by Gasteiger charge is 2.44. The van der Waals surface area contributed by atoms with Crippen LogP contribution in [0.15, 0.2) is 36.4 Å². The minimum atomic E-state index is -2.97. The number of hydrogen-bond acceptors (Lipinski definition) is 3. The van der Waals surface area contributed by atoms with Gasteiger partial charge in [-0.25, -0.2) is 4.98 Å². The molecule has 1 aromatic heterocycles. The quantitative estimate of drug-likeness (QED) is 0.652. The maximum Gasteiger partial charge on any atom is 0.387 e. The van der Waals surface area contributed by atoms with Crippen molar-refractivity contribution in [2.45, 2.75) is 25.1 Å². The molecule has 0 saturated heterocycles. The second kappa shape index (κ2) is 5.66. The summed E-state index contributed by atoms with van der Waals surface area (Å²) in [5.41, 5.74) is 2.40. The van der Waals surface area contributed by atoms with Crippen LogP contribution in [0.4, 0.5) is 8.78 Å². The van der Waals surface area contributed by atoms with Crippen LogP contribution in [0.1, 0.15) is 40.3 Å².